The number of carbonyl (C=O) groups is 1. The van der Waals surface area contributed by atoms with E-state index in [9.17, 15) is 9.59 Å². The predicted octanol–water partition coefficient (Wildman–Crippen LogP) is 3.01. The molecule has 3 rings (SSSR count). The van der Waals surface area contributed by atoms with E-state index in [-0.39, 0.29) is 11.7 Å². The van der Waals surface area contributed by atoms with Gasteiger partial charge in [-0.15, -0.1) is 0 Å². The van der Waals surface area contributed by atoms with Crippen LogP contribution in [0.5, 0.6) is 0 Å². The van der Waals surface area contributed by atoms with E-state index in [1.54, 1.807) is 13.1 Å². The van der Waals surface area contributed by atoms with Gasteiger partial charge < -0.3 is 9.73 Å². The van der Waals surface area contributed by atoms with Crippen molar-refractivity contribution in [1.29, 1.82) is 0 Å². The molecule has 0 atom stereocenters. The van der Waals surface area contributed by atoms with Gasteiger partial charge in [0.15, 0.2) is 5.58 Å². The summed E-state index contributed by atoms with van der Waals surface area (Å²) in [5.41, 5.74) is 4.17. The summed E-state index contributed by atoms with van der Waals surface area (Å²) in [7, 11) is 1.67. The molecule has 1 N–H and O–H groups in total. The van der Waals surface area contributed by atoms with Crippen molar-refractivity contribution in [3.05, 3.63) is 64.1 Å². The molecule has 23 heavy (non-hydrogen) atoms. The molecule has 0 radical (unpaired) electrons. The molecule has 0 fully saturated rings. The monoisotopic (exact) mass is 310 g/mol. The largest absolute Gasteiger partial charge is 0.419 e. The molecule has 0 saturated heterocycles. The Bertz CT molecular complexity index is 921. The Morgan fingerprint density at radius 1 is 1.22 bits per heavy atom. The highest BCUT2D eigenvalue weighted by atomic mass is 16.4. The van der Waals surface area contributed by atoms with Crippen molar-refractivity contribution in [3.63, 3.8) is 0 Å². The zero-order chi connectivity index (χ0) is 16.4. The minimum Gasteiger partial charge on any atom is -0.408 e. The smallest absolute Gasteiger partial charge is 0.408 e. The maximum absolute atomic E-state index is 12.1. The number of aromatic nitrogens is 1. The predicted molar refractivity (Wildman–Crippen MR) is 89.6 cm³/mol. The van der Waals surface area contributed by atoms with Gasteiger partial charge in [-0.2, -0.15) is 0 Å². The summed E-state index contributed by atoms with van der Waals surface area (Å²) in [6, 6.07) is 13.2. The van der Waals surface area contributed by atoms with Crippen LogP contribution in [-0.4, -0.2) is 10.5 Å². The van der Waals surface area contributed by atoms with Crippen molar-refractivity contribution in [2.45, 2.75) is 19.8 Å². The van der Waals surface area contributed by atoms with Crippen molar-refractivity contribution in [2.75, 3.05) is 5.32 Å². The summed E-state index contributed by atoms with van der Waals surface area (Å²) in [6.07, 6.45) is 0.985. The molecule has 1 aromatic heterocycles. The average Bonchev–Trinajstić information content (AvgIpc) is 2.82. The zero-order valence-electron chi connectivity index (χ0n) is 13.1. The minimum atomic E-state index is -0.380. The molecule has 0 aliphatic rings. The molecule has 118 valence electrons. The molecule has 5 nitrogen and oxygen atoms in total. The topological polar surface area (TPSA) is 64.2 Å². The van der Waals surface area contributed by atoms with E-state index in [2.05, 4.69) is 5.32 Å². The summed E-state index contributed by atoms with van der Waals surface area (Å²) in [4.78, 5) is 23.6. The highest BCUT2D eigenvalue weighted by Gasteiger charge is 2.08. The fourth-order valence-corrected chi connectivity index (χ4v) is 2.51. The van der Waals surface area contributed by atoms with E-state index in [1.807, 2.05) is 43.3 Å². The van der Waals surface area contributed by atoms with E-state index >= 15 is 0 Å². The van der Waals surface area contributed by atoms with Crippen LogP contribution in [-0.2, 0) is 18.3 Å². The first-order valence-corrected chi connectivity index (χ1v) is 7.48. The number of nitrogens with one attached hydrogen (secondary N) is 1. The van der Waals surface area contributed by atoms with Gasteiger partial charge in [0.2, 0.25) is 5.91 Å². The van der Waals surface area contributed by atoms with Gasteiger partial charge in [-0.05, 0) is 42.7 Å². The van der Waals surface area contributed by atoms with Gasteiger partial charge in [-0.1, -0.05) is 24.3 Å². The first-order chi connectivity index (χ1) is 11.0. The Kier molecular flexibility index (Phi) is 4.02. The third kappa shape index (κ3) is 3.18. The Balaban J connectivity index is 1.68. The summed E-state index contributed by atoms with van der Waals surface area (Å²) in [6.45, 7) is 1.96. The van der Waals surface area contributed by atoms with E-state index < -0.39 is 0 Å². The lowest BCUT2D eigenvalue weighted by atomic mass is 10.1. The van der Waals surface area contributed by atoms with Gasteiger partial charge in [0, 0.05) is 19.2 Å². The number of aryl methyl sites for hydroxylation is 3. The number of fused-ring (bicyclic) bond motifs is 1. The van der Waals surface area contributed by atoms with Gasteiger partial charge in [-0.25, -0.2) is 4.79 Å². The van der Waals surface area contributed by atoms with Crippen molar-refractivity contribution in [3.8, 4) is 0 Å². The first kappa shape index (κ1) is 15.1. The molecule has 5 heteroatoms. The number of benzene rings is 2. The molecule has 3 aromatic rings. The van der Waals surface area contributed by atoms with Gasteiger partial charge in [-0.3, -0.25) is 9.36 Å². The number of amides is 1. The minimum absolute atomic E-state index is 0.0273. The summed E-state index contributed by atoms with van der Waals surface area (Å²) >= 11 is 0. The Labute approximate surface area is 133 Å². The number of rotatable bonds is 4. The highest BCUT2D eigenvalue weighted by Crippen LogP contribution is 2.17. The molecule has 0 unspecified atom stereocenters. The fourth-order valence-electron chi connectivity index (χ4n) is 2.51. The maximum Gasteiger partial charge on any atom is 0.419 e. The molecular weight excluding hydrogens is 292 g/mol. The van der Waals surface area contributed by atoms with Gasteiger partial charge in [0.25, 0.3) is 0 Å². The molecule has 0 aliphatic carbocycles. The quantitative estimate of drug-likeness (QED) is 0.805. The van der Waals surface area contributed by atoms with Crippen molar-refractivity contribution in [1.82, 2.24) is 4.57 Å². The van der Waals surface area contributed by atoms with Gasteiger partial charge in [0.1, 0.15) is 0 Å². The number of anilines is 1. The maximum atomic E-state index is 12.1. The molecule has 0 spiro atoms. The van der Waals surface area contributed by atoms with Crippen LogP contribution in [0.4, 0.5) is 5.69 Å². The third-order valence-corrected chi connectivity index (χ3v) is 3.92. The molecule has 0 aliphatic heterocycles. The van der Waals surface area contributed by atoms with Gasteiger partial charge >= 0.3 is 5.76 Å². The lowest BCUT2D eigenvalue weighted by Crippen LogP contribution is -2.13. The lowest BCUT2D eigenvalue weighted by Gasteiger charge is -2.08. The molecule has 0 saturated carbocycles. The van der Waals surface area contributed by atoms with Gasteiger partial charge in [0.05, 0.1) is 5.52 Å². The number of hydrogen-bond acceptors (Lipinski definition) is 3. The van der Waals surface area contributed by atoms with Crippen LogP contribution in [0.3, 0.4) is 0 Å². The molecule has 2 aromatic carbocycles. The number of hydrogen-bond donors (Lipinski definition) is 1. The Morgan fingerprint density at radius 2 is 2.00 bits per heavy atom. The van der Waals surface area contributed by atoms with Crippen LogP contribution in [0.2, 0.25) is 0 Å². The second-order valence-corrected chi connectivity index (χ2v) is 5.59. The van der Waals surface area contributed by atoms with Crippen LogP contribution in [0.1, 0.15) is 17.5 Å². The second kappa shape index (κ2) is 6.12. The highest BCUT2D eigenvalue weighted by molar-refractivity contribution is 5.91. The van der Waals surface area contributed by atoms with E-state index in [0.717, 1.165) is 22.3 Å². The first-order valence-electron chi connectivity index (χ1n) is 7.48. The number of carbonyl (C=O) groups excluding carboxylic acids is 1. The average molecular weight is 310 g/mol. The zero-order valence-corrected chi connectivity index (χ0v) is 13.1. The molecule has 0 bridgehead atoms. The summed E-state index contributed by atoms with van der Waals surface area (Å²) < 4.78 is 6.56. The second-order valence-electron chi connectivity index (χ2n) is 5.59. The van der Waals surface area contributed by atoms with Crippen LogP contribution >= 0.6 is 0 Å². The number of oxazole rings is 1. The Hall–Kier alpha value is -2.82. The van der Waals surface area contributed by atoms with E-state index in [4.69, 9.17) is 4.42 Å². The van der Waals surface area contributed by atoms with Crippen molar-refractivity contribution < 1.29 is 9.21 Å². The SMILES string of the molecule is Cc1ccccc1NC(=O)CCc1ccc2oc(=O)n(C)c2c1. The normalized spacial score (nSPS) is 10.9. The Morgan fingerprint density at radius 3 is 2.78 bits per heavy atom. The van der Waals surface area contributed by atoms with Crippen LogP contribution in [0.15, 0.2) is 51.7 Å². The van der Waals surface area contributed by atoms with Crippen molar-refractivity contribution >= 4 is 22.7 Å². The number of para-hydroxylation sites is 1. The molecule has 1 heterocycles. The molecule has 1 amide bonds. The van der Waals surface area contributed by atoms with E-state index in [0.29, 0.717) is 18.4 Å². The van der Waals surface area contributed by atoms with E-state index in [1.165, 1.54) is 4.57 Å². The third-order valence-electron chi connectivity index (χ3n) is 3.92. The van der Waals surface area contributed by atoms with Crippen LogP contribution in [0, 0.1) is 6.92 Å². The summed E-state index contributed by atoms with van der Waals surface area (Å²) in [5, 5.41) is 2.92. The lowest BCUT2D eigenvalue weighted by molar-refractivity contribution is -0.116. The van der Waals surface area contributed by atoms with Crippen molar-refractivity contribution in [2.24, 2.45) is 7.05 Å². The number of nitrogens with zero attached hydrogens (tertiary/aromatic N) is 1. The standard InChI is InChI=1S/C18H18N2O3/c1-12-5-3-4-6-14(12)19-17(21)10-8-13-7-9-16-15(11-13)20(2)18(22)23-16/h3-7,9,11H,8,10H2,1-2H3,(H,19,21). The van der Waals surface area contributed by atoms with Crippen LogP contribution < -0.4 is 11.1 Å². The fraction of sp³-hybridized carbons (Fsp3) is 0.222. The summed E-state index contributed by atoms with van der Waals surface area (Å²) in [5.74, 6) is -0.407. The van der Waals surface area contributed by atoms with Crippen LogP contribution in [0.25, 0.3) is 11.1 Å². The molecular formula is C18H18N2O3.